The summed E-state index contributed by atoms with van der Waals surface area (Å²) >= 11 is 12.9. The van der Waals surface area contributed by atoms with Crippen molar-refractivity contribution in [2.75, 3.05) is 13.1 Å². The fourth-order valence-electron chi connectivity index (χ4n) is 4.07. The van der Waals surface area contributed by atoms with Crippen molar-refractivity contribution in [2.24, 2.45) is 0 Å². The third-order valence-electron chi connectivity index (χ3n) is 5.62. The molecule has 1 aliphatic rings. The van der Waals surface area contributed by atoms with E-state index < -0.39 is 0 Å². The van der Waals surface area contributed by atoms with E-state index in [2.05, 4.69) is 34.6 Å². The molecule has 3 nitrogen and oxygen atoms in total. The van der Waals surface area contributed by atoms with Crippen LogP contribution in [0.25, 0.3) is 11.0 Å². The Hall–Kier alpha value is -1.55. The molecule has 142 valence electrons. The lowest BCUT2D eigenvalue weighted by atomic mass is 10.2. The molecule has 5 heteroatoms. The summed E-state index contributed by atoms with van der Waals surface area (Å²) < 4.78 is 2.29. The van der Waals surface area contributed by atoms with Crippen LogP contribution in [-0.2, 0) is 6.54 Å². The number of para-hydroxylation sites is 2. The highest BCUT2D eigenvalue weighted by Crippen LogP contribution is 2.31. The van der Waals surface area contributed by atoms with Crippen LogP contribution in [0.1, 0.15) is 50.0 Å². The van der Waals surface area contributed by atoms with Crippen molar-refractivity contribution in [1.82, 2.24) is 14.5 Å². The fraction of sp³-hybridized carbons (Fsp3) is 0.409. The van der Waals surface area contributed by atoms with Crippen molar-refractivity contribution < 1.29 is 0 Å². The Kier molecular flexibility index (Phi) is 5.72. The van der Waals surface area contributed by atoms with Crippen molar-refractivity contribution in [2.45, 2.75) is 45.2 Å². The topological polar surface area (TPSA) is 21.1 Å². The summed E-state index contributed by atoms with van der Waals surface area (Å²) in [7, 11) is 0. The lowest BCUT2D eigenvalue weighted by molar-refractivity contribution is 0.208. The number of nitrogens with zero attached hydrogens (tertiary/aromatic N) is 3. The molecule has 1 fully saturated rings. The maximum absolute atomic E-state index is 6.47. The molecule has 1 saturated heterocycles. The zero-order valence-electron chi connectivity index (χ0n) is 15.7. The number of aromatic nitrogens is 2. The highest BCUT2D eigenvalue weighted by molar-refractivity contribution is 6.36. The molecule has 3 aromatic rings. The third kappa shape index (κ3) is 3.87. The highest BCUT2D eigenvalue weighted by atomic mass is 35.5. The summed E-state index contributed by atoms with van der Waals surface area (Å²) in [6, 6.07) is 14.3. The van der Waals surface area contributed by atoms with Gasteiger partial charge in [0.25, 0.3) is 0 Å². The second-order valence-corrected chi connectivity index (χ2v) is 8.19. The van der Waals surface area contributed by atoms with Gasteiger partial charge in [-0.2, -0.15) is 0 Å². The van der Waals surface area contributed by atoms with Crippen LogP contribution in [0.2, 0.25) is 10.0 Å². The molecule has 1 aliphatic heterocycles. The number of halogens is 2. The lowest BCUT2D eigenvalue weighted by Crippen LogP contribution is -2.30. The van der Waals surface area contributed by atoms with Crippen LogP contribution < -0.4 is 0 Å². The number of hydrogen-bond donors (Lipinski definition) is 0. The standard InChI is InChI=1S/C22H25Cl2N3/c1-16(26-13-6-2-3-7-14-26)22-25-20-11-4-5-12-21(20)27(22)15-17-18(23)9-8-10-19(17)24/h4-5,8-12,16H,2-3,6-7,13-15H2,1H3. The van der Waals surface area contributed by atoms with E-state index in [4.69, 9.17) is 28.2 Å². The van der Waals surface area contributed by atoms with Gasteiger partial charge in [0.15, 0.2) is 0 Å². The third-order valence-corrected chi connectivity index (χ3v) is 6.33. The SMILES string of the molecule is CC(c1nc2ccccc2n1Cc1c(Cl)cccc1Cl)N1CCCCCC1. The van der Waals surface area contributed by atoms with E-state index in [0.717, 1.165) is 35.5 Å². The van der Waals surface area contributed by atoms with Crippen molar-refractivity contribution in [1.29, 1.82) is 0 Å². The molecule has 0 bridgehead atoms. The van der Waals surface area contributed by atoms with E-state index in [-0.39, 0.29) is 6.04 Å². The lowest BCUT2D eigenvalue weighted by Gasteiger charge is -2.28. The van der Waals surface area contributed by atoms with Crippen molar-refractivity contribution in [3.63, 3.8) is 0 Å². The summed E-state index contributed by atoms with van der Waals surface area (Å²) in [6.07, 6.45) is 5.19. The Morgan fingerprint density at radius 3 is 2.30 bits per heavy atom. The van der Waals surface area contributed by atoms with E-state index >= 15 is 0 Å². The first-order valence-corrected chi connectivity index (χ1v) is 10.5. The molecule has 2 aromatic carbocycles. The number of rotatable bonds is 4. The average molecular weight is 402 g/mol. The number of fused-ring (bicyclic) bond motifs is 1. The fourth-order valence-corrected chi connectivity index (χ4v) is 4.58. The van der Waals surface area contributed by atoms with Crippen LogP contribution >= 0.6 is 23.2 Å². The van der Waals surface area contributed by atoms with Crippen molar-refractivity contribution >= 4 is 34.2 Å². The number of benzene rings is 2. The van der Waals surface area contributed by atoms with Crippen LogP contribution in [-0.4, -0.2) is 27.5 Å². The summed E-state index contributed by atoms with van der Waals surface area (Å²) in [6.45, 7) is 5.18. The molecule has 4 rings (SSSR count). The molecule has 0 spiro atoms. The minimum Gasteiger partial charge on any atom is -0.322 e. The predicted octanol–water partition coefficient (Wildman–Crippen LogP) is 6.33. The largest absolute Gasteiger partial charge is 0.322 e. The van der Waals surface area contributed by atoms with Crippen LogP contribution in [0.3, 0.4) is 0 Å². The molecule has 1 aromatic heterocycles. The molecular weight excluding hydrogens is 377 g/mol. The molecule has 1 atom stereocenters. The molecule has 0 aliphatic carbocycles. The van der Waals surface area contributed by atoms with E-state index in [9.17, 15) is 0 Å². The normalized spacial score (nSPS) is 17.1. The monoisotopic (exact) mass is 401 g/mol. The first kappa shape index (κ1) is 18.8. The second kappa shape index (κ2) is 8.22. The van der Waals surface area contributed by atoms with E-state index in [0.29, 0.717) is 16.6 Å². The minimum atomic E-state index is 0.261. The Morgan fingerprint density at radius 1 is 0.926 bits per heavy atom. The zero-order valence-corrected chi connectivity index (χ0v) is 17.2. The molecule has 27 heavy (non-hydrogen) atoms. The Labute approximate surface area is 170 Å². The summed E-state index contributed by atoms with van der Waals surface area (Å²) in [5.41, 5.74) is 3.11. The molecule has 0 N–H and O–H groups in total. The molecule has 0 radical (unpaired) electrons. The quantitative estimate of drug-likeness (QED) is 0.509. The molecule has 0 amide bonds. The maximum atomic E-state index is 6.47. The smallest absolute Gasteiger partial charge is 0.127 e. The van der Waals surface area contributed by atoms with Crippen LogP contribution in [0.5, 0.6) is 0 Å². The van der Waals surface area contributed by atoms with Gasteiger partial charge in [-0.15, -0.1) is 0 Å². The molecular formula is C22H25Cl2N3. The van der Waals surface area contributed by atoms with Crippen LogP contribution in [0.4, 0.5) is 0 Å². The van der Waals surface area contributed by atoms with Gasteiger partial charge in [-0.05, 0) is 57.1 Å². The van der Waals surface area contributed by atoms with Gasteiger partial charge in [0.2, 0.25) is 0 Å². The number of likely N-dealkylation sites (tertiary alicyclic amines) is 1. The van der Waals surface area contributed by atoms with Crippen molar-refractivity contribution in [3.05, 3.63) is 63.9 Å². The summed E-state index contributed by atoms with van der Waals surface area (Å²) in [5.74, 6) is 1.09. The van der Waals surface area contributed by atoms with Gasteiger partial charge in [0, 0.05) is 15.6 Å². The molecule has 0 saturated carbocycles. The maximum Gasteiger partial charge on any atom is 0.127 e. The van der Waals surface area contributed by atoms with Gasteiger partial charge >= 0.3 is 0 Å². The van der Waals surface area contributed by atoms with Gasteiger partial charge in [-0.3, -0.25) is 4.90 Å². The molecule has 2 heterocycles. The van der Waals surface area contributed by atoms with E-state index in [1.807, 2.05) is 24.3 Å². The van der Waals surface area contributed by atoms with Crippen LogP contribution in [0.15, 0.2) is 42.5 Å². The first-order valence-electron chi connectivity index (χ1n) is 9.77. The predicted molar refractivity (Wildman–Crippen MR) is 114 cm³/mol. The summed E-state index contributed by atoms with van der Waals surface area (Å²) in [5, 5.41) is 1.40. The number of hydrogen-bond acceptors (Lipinski definition) is 2. The van der Waals surface area contributed by atoms with Crippen LogP contribution in [0, 0.1) is 0 Å². The first-order chi connectivity index (χ1) is 13.1. The van der Waals surface area contributed by atoms with Crippen molar-refractivity contribution in [3.8, 4) is 0 Å². The summed E-state index contributed by atoms with van der Waals surface area (Å²) in [4.78, 5) is 7.58. The van der Waals surface area contributed by atoms with Gasteiger partial charge in [-0.1, -0.05) is 54.2 Å². The Morgan fingerprint density at radius 2 is 1.59 bits per heavy atom. The van der Waals surface area contributed by atoms with Gasteiger partial charge in [0.05, 0.1) is 23.6 Å². The van der Waals surface area contributed by atoms with E-state index in [1.54, 1.807) is 0 Å². The van der Waals surface area contributed by atoms with Gasteiger partial charge in [0.1, 0.15) is 5.82 Å². The van der Waals surface area contributed by atoms with Gasteiger partial charge in [-0.25, -0.2) is 4.98 Å². The second-order valence-electron chi connectivity index (χ2n) is 7.37. The number of imidazole rings is 1. The zero-order chi connectivity index (χ0) is 18.8. The highest BCUT2D eigenvalue weighted by Gasteiger charge is 2.24. The average Bonchev–Trinajstić information content (AvgIpc) is 2.83. The Balaban J connectivity index is 1.77. The molecule has 1 unspecified atom stereocenters. The van der Waals surface area contributed by atoms with Gasteiger partial charge < -0.3 is 4.57 Å². The Bertz CT molecular complexity index is 906. The minimum absolute atomic E-state index is 0.261. The van der Waals surface area contributed by atoms with E-state index in [1.165, 1.54) is 25.7 Å².